The third-order valence-electron chi connectivity index (χ3n) is 3.81. The molecule has 1 saturated carbocycles. The van der Waals surface area contributed by atoms with E-state index < -0.39 is 10.0 Å². The summed E-state index contributed by atoms with van der Waals surface area (Å²) in [5.74, 6) is 0.341. The molecule has 0 radical (unpaired) electrons. The number of benzene rings is 1. The highest BCUT2D eigenvalue weighted by molar-refractivity contribution is 7.89. The highest BCUT2D eigenvalue weighted by Gasteiger charge is 2.33. The van der Waals surface area contributed by atoms with Gasteiger partial charge in [-0.1, -0.05) is 13.3 Å². The van der Waals surface area contributed by atoms with Crippen LogP contribution in [0.15, 0.2) is 23.1 Å². The van der Waals surface area contributed by atoms with Crippen LogP contribution >= 0.6 is 0 Å². The van der Waals surface area contributed by atoms with Crippen molar-refractivity contribution in [3.8, 4) is 5.75 Å². The van der Waals surface area contributed by atoms with Crippen molar-refractivity contribution in [3.63, 3.8) is 0 Å². The Morgan fingerprint density at radius 2 is 2.10 bits per heavy atom. The maximum absolute atomic E-state index is 12.4. The zero-order valence-corrected chi connectivity index (χ0v) is 12.8. The highest BCUT2D eigenvalue weighted by atomic mass is 32.2. The predicted octanol–water partition coefficient (Wildman–Crippen LogP) is 2.14. The van der Waals surface area contributed by atoms with E-state index in [-0.39, 0.29) is 10.3 Å². The molecule has 1 aliphatic carbocycles. The van der Waals surface area contributed by atoms with Crippen LogP contribution in [0.2, 0.25) is 0 Å². The van der Waals surface area contributed by atoms with E-state index in [9.17, 15) is 8.42 Å². The average molecular weight is 298 g/mol. The molecular formula is C14H22N2O3S. The summed E-state index contributed by atoms with van der Waals surface area (Å²) < 4.78 is 32.9. The molecule has 20 heavy (non-hydrogen) atoms. The first-order valence-corrected chi connectivity index (χ1v) is 8.37. The largest absolute Gasteiger partial charge is 0.492 e. The fraction of sp³-hybridized carbons (Fsp3) is 0.571. The number of nitrogens with two attached hydrogens (primary N) is 1. The molecule has 5 nitrogen and oxygen atoms in total. The van der Waals surface area contributed by atoms with Gasteiger partial charge in [0.2, 0.25) is 10.0 Å². The first-order chi connectivity index (χ1) is 9.36. The summed E-state index contributed by atoms with van der Waals surface area (Å²) in [5, 5.41) is 0. The second kappa shape index (κ2) is 5.61. The Labute approximate surface area is 120 Å². The lowest BCUT2D eigenvalue weighted by molar-refractivity contribution is 0.166. The van der Waals surface area contributed by atoms with Crippen LogP contribution in [0.5, 0.6) is 5.75 Å². The maximum Gasteiger partial charge on any atom is 0.244 e. The molecule has 0 atom stereocenters. The Morgan fingerprint density at radius 1 is 1.40 bits per heavy atom. The Balaban J connectivity index is 2.21. The van der Waals surface area contributed by atoms with Crippen molar-refractivity contribution in [1.29, 1.82) is 0 Å². The van der Waals surface area contributed by atoms with Crippen molar-refractivity contribution in [2.45, 2.75) is 38.0 Å². The second-order valence-electron chi connectivity index (χ2n) is 5.63. The van der Waals surface area contributed by atoms with Crippen molar-refractivity contribution < 1.29 is 13.2 Å². The molecule has 0 bridgehead atoms. The standard InChI is InChI=1S/C14H22N2O3S/c1-3-19-12-6-5-11(15)9-13(12)20(17,18)16-10-14(2)7-4-8-14/h5-6,9,16H,3-4,7-8,10,15H2,1-2H3. The number of hydrogen-bond donors (Lipinski definition) is 2. The minimum atomic E-state index is -3.60. The third-order valence-corrected chi connectivity index (χ3v) is 5.23. The van der Waals surface area contributed by atoms with Crippen LogP contribution < -0.4 is 15.2 Å². The number of nitrogens with one attached hydrogen (secondary N) is 1. The van der Waals surface area contributed by atoms with Crippen LogP contribution in [0.4, 0.5) is 5.69 Å². The van der Waals surface area contributed by atoms with Crippen LogP contribution in [-0.4, -0.2) is 21.6 Å². The SMILES string of the molecule is CCOc1ccc(N)cc1S(=O)(=O)NCC1(C)CCC1. The number of sulfonamides is 1. The molecule has 0 unspecified atom stereocenters. The van der Waals surface area contributed by atoms with Gasteiger partial charge in [0.1, 0.15) is 10.6 Å². The smallest absolute Gasteiger partial charge is 0.244 e. The van der Waals surface area contributed by atoms with E-state index in [0.29, 0.717) is 24.6 Å². The zero-order chi connectivity index (χ0) is 14.8. The van der Waals surface area contributed by atoms with Gasteiger partial charge in [0.05, 0.1) is 6.61 Å². The lowest BCUT2D eigenvalue weighted by Gasteiger charge is -2.38. The van der Waals surface area contributed by atoms with E-state index >= 15 is 0 Å². The molecule has 1 aromatic carbocycles. The molecule has 0 aromatic heterocycles. The maximum atomic E-state index is 12.4. The van der Waals surface area contributed by atoms with E-state index in [0.717, 1.165) is 12.8 Å². The molecule has 1 aliphatic rings. The normalized spacial score (nSPS) is 17.5. The Kier molecular flexibility index (Phi) is 4.25. The minimum Gasteiger partial charge on any atom is -0.492 e. The van der Waals surface area contributed by atoms with Gasteiger partial charge in [-0.05, 0) is 43.4 Å². The molecule has 112 valence electrons. The van der Waals surface area contributed by atoms with Crippen molar-refractivity contribution in [2.75, 3.05) is 18.9 Å². The van der Waals surface area contributed by atoms with E-state index in [4.69, 9.17) is 10.5 Å². The van der Waals surface area contributed by atoms with Gasteiger partial charge in [-0.3, -0.25) is 0 Å². The lowest BCUT2D eigenvalue weighted by atomic mass is 9.71. The van der Waals surface area contributed by atoms with Crippen molar-refractivity contribution in [1.82, 2.24) is 4.72 Å². The van der Waals surface area contributed by atoms with Gasteiger partial charge in [0.15, 0.2) is 0 Å². The predicted molar refractivity (Wildman–Crippen MR) is 79.2 cm³/mol. The molecular weight excluding hydrogens is 276 g/mol. The Bertz CT molecular complexity index is 580. The van der Waals surface area contributed by atoms with E-state index in [1.165, 1.54) is 12.5 Å². The summed E-state index contributed by atoms with van der Waals surface area (Å²) >= 11 is 0. The van der Waals surface area contributed by atoms with Gasteiger partial charge in [-0.2, -0.15) is 0 Å². The summed E-state index contributed by atoms with van der Waals surface area (Å²) in [4.78, 5) is 0.113. The van der Waals surface area contributed by atoms with Crippen LogP contribution in [0.1, 0.15) is 33.1 Å². The van der Waals surface area contributed by atoms with Gasteiger partial charge >= 0.3 is 0 Å². The fourth-order valence-corrected chi connectivity index (χ4v) is 3.69. The van der Waals surface area contributed by atoms with Crippen LogP contribution in [0.25, 0.3) is 0 Å². The van der Waals surface area contributed by atoms with E-state index in [1.54, 1.807) is 12.1 Å². The van der Waals surface area contributed by atoms with Crippen LogP contribution in [0.3, 0.4) is 0 Å². The van der Waals surface area contributed by atoms with E-state index in [1.807, 2.05) is 6.92 Å². The minimum absolute atomic E-state index is 0.0825. The van der Waals surface area contributed by atoms with Crippen molar-refractivity contribution in [3.05, 3.63) is 18.2 Å². The summed E-state index contributed by atoms with van der Waals surface area (Å²) in [6, 6.07) is 4.67. The zero-order valence-electron chi connectivity index (χ0n) is 12.0. The van der Waals surface area contributed by atoms with E-state index in [2.05, 4.69) is 11.6 Å². The lowest BCUT2D eigenvalue weighted by Crippen LogP contribution is -2.40. The molecule has 6 heteroatoms. The second-order valence-corrected chi connectivity index (χ2v) is 7.36. The Hall–Kier alpha value is -1.27. The number of rotatable bonds is 6. The van der Waals surface area contributed by atoms with Gasteiger partial charge in [0.25, 0.3) is 0 Å². The summed E-state index contributed by atoms with van der Waals surface area (Å²) in [6.07, 6.45) is 3.29. The Morgan fingerprint density at radius 3 is 2.65 bits per heavy atom. The molecule has 1 aromatic rings. The third kappa shape index (κ3) is 3.24. The number of anilines is 1. The summed E-state index contributed by atoms with van der Waals surface area (Å²) in [5.41, 5.74) is 6.18. The highest BCUT2D eigenvalue weighted by Crippen LogP contribution is 2.40. The first-order valence-electron chi connectivity index (χ1n) is 6.88. The van der Waals surface area contributed by atoms with Crippen molar-refractivity contribution in [2.24, 2.45) is 5.41 Å². The molecule has 0 saturated heterocycles. The average Bonchev–Trinajstić information content (AvgIpc) is 2.36. The first kappa shape index (κ1) is 15.1. The summed E-state index contributed by atoms with van der Waals surface area (Å²) in [7, 11) is -3.60. The molecule has 3 N–H and O–H groups in total. The molecule has 1 fully saturated rings. The summed E-state index contributed by atoms with van der Waals surface area (Å²) in [6.45, 7) is 4.78. The van der Waals surface area contributed by atoms with Gasteiger partial charge < -0.3 is 10.5 Å². The number of ether oxygens (including phenoxy) is 1. The number of hydrogen-bond acceptors (Lipinski definition) is 4. The molecule has 0 heterocycles. The monoisotopic (exact) mass is 298 g/mol. The van der Waals surface area contributed by atoms with Crippen LogP contribution in [0, 0.1) is 5.41 Å². The molecule has 0 aliphatic heterocycles. The quantitative estimate of drug-likeness (QED) is 0.788. The number of nitrogen functional groups attached to an aromatic ring is 1. The van der Waals surface area contributed by atoms with Gasteiger partial charge in [-0.25, -0.2) is 13.1 Å². The van der Waals surface area contributed by atoms with Crippen LogP contribution in [-0.2, 0) is 10.0 Å². The topological polar surface area (TPSA) is 81.4 Å². The molecule has 0 spiro atoms. The van der Waals surface area contributed by atoms with Gasteiger partial charge in [-0.15, -0.1) is 0 Å². The molecule has 0 amide bonds. The van der Waals surface area contributed by atoms with Gasteiger partial charge in [0, 0.05) is 12.2 Å². The van der Waals surface area contributed by atoms with Crippen molar-refractivity contribution >= 4 is 15.7 Å². The molecule has 2 rings (SSSR count). The fourth-order valence-electron chi connectivity index (χ4n) is 2.31.